The maximum atomic E-state index is 13.2. The third-order valence-electron chi connectivity index (χ3n) is 6.03. The molecular formula is C24H31FN2O5. The van der Waals surface area contributed by atoms with Gasteiger partial charge in [-0.3, -0.25) is 14.4 Å². The van der Waals surface area contributed by atoms with E-state index in [2.05, 4.69) is 5.32 Å². The van der Waals surface area contributed by atoms with Crippen LogP contribution in [-0.2, 0) is 25.5 Å². The number of carbonyl (C=O) groups is 3. The molecule has 3 rings (SSSR count). The predicted molar refractivity (Wildman–Crippen MR) is 116 cm³/mol. The van der Waals surface area contributed by atoms with Crippen molar-refractivity contribution in [3.05, 3.63) is 47.8 Å². The Morgan fingerprint density at radius 1 is 1.16 bits per heavy atom. The van der Waals surface area contributed by atoms with Crippen molar-refractivity contribution >= 4 is 17.8 Å². The quantitative estimate of drug-likeness (QED) is 0.515. The Morgan fingerprint density at radius 2 is 1.88 bits per heavy atom. The van der Waals surface area contributed by atoms with Gasteiger partial charge in [-0.1, -0.05) is 24.3 Å². The van der Waals surface area contributed by atoms with E-state index < -0.39 is 11.8 Å². The molecule has 0 bridgehead atoms. The van der Waals surface area contributed by atoms with E-state index in [4.69, 9.17) is 9.84 Å². The zero-order valence-electron chi connectivity index (χ0n) is 18.2. The number of carbonyl (C=O) groups excluding carboxylic acids is 3. The fourth-order valence-corrected chi connectivity index (χ4v) is 4.28. The molecule has 1 saturated heterocycles. The van der Waals surface area contributed by atoms with Crippen LogP contribution in [0.5, 0.6) is 0 Å². The Balaban J connectivity index is 1.74. The molecule has 32 heavy (non-hydrogen) atoms. The average molecular weight is 447 g/mol. The van der Waals surface area contributed by atoms with E-state index in [0.29, 0.717) is 25.8 Å². The van der Waals surface area contributed by atoms with Crippen molar-refractivity contribution in [2.24, 2.45) is 11.8 Å². The van der Waals surface area contributed by atoms with Crippen LogP contribution in [0.25, 0.3) is 0 Å². The van der Waals surface area contributed by atoms with E-state index >= 15 is 0 Å². The second kappa shape index (κ2) is 11.8. The summed E-state index contributed by atoms with van der Waals surface area (Å²) in [6, 6.07) is 5.90. The lowest BCUT2D eigenvalue weighted by atomic mass is 9.94. The third kappa shape index (κ3) is 6.63. The molecule has 1 aromatic rings. The summed E-state index contributed by atoms with van der Waals surface area (Å²) < 4.78 is 18.8. The number of ether oxygens (including phenoxy) is 1. The van der Waals surface area contributed by atoms with Crippen molar-refractivity contribution in [3.8, 4) is 0 Å². The average Bonchev–Trinajstić information content (AvgIpc) is 3.26. The molecule has 2 amide bonds. The highest BCUT2D eigenvalue weighted by Gasteiger charge is 2.35. The van der Waals surface area contributed by atoms with Crippen molar-refractivity contribution in [2.45, 2.75) is 44.6 Å². The van der Waals surface area contributed by atoms with Crippen molar-refractivity contribution in [3.63, 3.8) is 0 Å². The van der Waals surface area contributed by atoms with Gasteiger partial charge in [-0.2, -0.15) is 0 Å². The number of esters is 1. The lowest BCUT2D eigenvalue weighted by molar-refractivity contribution is -0.152. The fourth-order valence-electron chi connectivity index (χ4n) is 4.28. The zero-order valence-corrected chi connectivity index (χ0v) is 18.2. The topological polar surface area (TPSA) is 95.9 Å². The number of nitrogens with one attached hydrogen (secondary N) is 1. The molecule has 3 atom stereocenters. The monoisotopic (exact) mass is 446 g/mol. The van der Waals surface area contributed by atoms with Crippen molar-refractivity contribution in [2.75, 3.05) is 26.3 Å². The van der Waals surface area contributed by atoms with E-state index in [-0.39, 0.29) is 55.8 Å². The Labute approximate surface area is 187 Å². The van der Waals surface area contributed by atoms with E-state index in [1.807, 2.05) is 12.2 Å². The summed E-state index contributed by atoms with van der Waals surface area (Å²) in [5.74, 6) is -1.93. The van der Waals surface area contributed by atoms with Crippen LogP contribution in [0.15, 0.2) is 36.4 Å². The zero-order chi connectivity index (χ0) is 22.9. The highest BCUT2D eigenvalue weighted by Crippen LogP contribution is 2.25. The SMILES string of the molecule is O=C(C[C@@H]1C/C=C\C[C@@H](Cc2ccc(F)cc2)C(=O)OC[C@H]2CCCN2C1=O)NCCO. The molecule has 174 valence electrons. The molecule has 2 heterocycles. The van der Waals surface area contributed by atoms with Gasteiger partial charge in [-0.15, -0.1) is 0 Å². The highest BCUT2D eigenvalue weighted by atomic mass is 19.1. The first-order valence-corrected chi connectivity index (χ1v) is 11.2. The minimum Gasteiger partial charge on any atom is -0.463 e. The number of aliphatic hydroxyl groups is 1. The Kier molecular flexibility index (Phi) is 8.79. The molecule has 0 aliphatic carbocycles. The van der Waals surface area contributed by atoms with Crippen molar-refractivity contribution in [1.82, 2.24) is 10.2 Å². The van der Waals surface area contributed by atoms with Crippen LogP contribution in [0.4, 0.5) is 4.39 Å². The first-order chi connectivity index (χ1) is 15.5. The number of hydrogen-bond acceptors (Lipinski definition) is 5. The molecule has 0 aromatic heterocycles. The molecule has 7 nitrogen and oxygen atoms in total. The number of cyclic esters (lactones) is 1. The van der Waals surface area contributed by atoms with Crippen LogP contribution < -0.4 is 5.32 Å². The number of allylic oxidation sites excluding steroid dienone is 2. The van der Waals surface area contributed by atoms with Gasteiger partial charge in [0.05, 0.1) is 24.5 Å². The van der Waals surface area contributed by atoms with Crippen molar-refractivity contribution in [1.29, 1.82) is 0 Å². The maximum Gasteiger partial charge on any atom is 0.309 e. The summed E-state index contributed by atoms with van der Waals surface area (Å²) in [5, 5.41) is 11.5. The lowest BCUT2D eigenvalue weighted by Gasteiger charge is -2.29. The Bertz CT molecular complexity index is 826. The van der Waals surface area contributed by atoms with Crippen LogP contribution in [0.1, 0.15) is 37.7 Å². The molecule has 0 saturated carbocycles. The number of halogens is 1. The number of hydrogen-bond donors (Lipinski definition) is 2. The van der Waals surface area contributed by atoms with E-state index in [9.17, 15) is 18.8 Å². The van der Waals surface area contributed by atoms with Gasteiger partial charge < -0.3 is 20.1 Å². The van der Waals surface area contributed by atoms with Crippen LogP contribution >= 0.6 is 0 Å². The minimum atomic E-state index is -0.504. The number of benzene rings is 1. The maximum absolute atomic E-state index is 13.2. The number of nitrogens with zero attached hydrogens (tertiary/aromatic N) is 1. The smallest absolute Gasteiger partial charge is 0.309 e. The molecule has 8 heteroatoms. The summed E-state index contributed by atoms with van der Waals surface area (Å²) in [6.45, 7) is 0.721. The molecule has 1 aromatic carbocycles. The molecule has 0 unspecified atom stereocenters. The molecule has 2 aliphatic rings. The largest absolute Gasteiger partial charge is 0.463 e. The van der Waals surface area contributed by atoms with Gasteiger partial charge in [-0.05, 0) is 49.8 Å². The Hall–Kier alpha value is -2.74. The van der Waals surface area contributed by atoms with Gasteiger partial charge in [0, 0.05) is 19.5 Å². The van der Waals surface area contributed by atoms with Crippen LogP contribution in [0, 0.1) is 17.7 Å². The summed E-state index contributed by atoms with van der Waals surface area (Å²) >= 11 is 0. The fraction of sp³-hybridized carbons (Fsp3) is 0.542. The summed E-state index contributed by atoms with van der Waals surface area (Å²) in [6.07, 6.45) is 6.58. The summed E-state index contributed by atoms with van der Waals surface area (Å²) in [4.78, 5) is 39.9. The third-order valence-corrected chi connectivity index (χ3v) is 6.03. The predicted octanol–water partition coefficient (Wildman–Crippen LogP) is 1.98. The summed E-state index contributed by atoms with van der Waals surface area (Å²) in [5.41, 5.74) is 0.852. The second-order valence-electron chi connectivity index (χ2n) is 8.40. The van der Waals surface area contributed by atoms with Crippen molar-refractivity contribution < 1.29 is 28.6 Å². The first-order valence-electron chi connectivity index (χ1n) is 11.2. The molecule has 2 N–H and O–H groups in total. The van der Waals surface area contributed by atoms with E-state index in [1.54, 1.807) is 17.0 Å². The molecule has 0 radical (unpaired) electrons. The number of rotatable bonds is 6. The molecule has 0 spiro atoms. The molecular weight excluding hydrogens is 415 g/mol. The van der Waals surface area contributed by atoms with Gasteiger partial charge in [0.1, 0.15) is 12.4 Å². The van der Waals surface area contributed by atoms with E-state index in [0.717, 1.165) is 18.4 Å². The van der Waals surface area contributed by atoms with Crippen LogP contribution in [-0.4, -0.2) is 60.1 Å². The van der Waals surface area contributed by atoms with Crippen LogP contribution in [0.3, 0.4) is 0 Å². The van der Waals surface area contributed by atoms with Gasteiger partial charge in [-0.25, -0.2) is 4.39 Å². The van der Waals surface area contributed by atoms with Gasteiger partial charge in [0.2, 0.25) is 11.8 Å². The lowest BCUT2D eigenvalue weighted by Crippen LogP contribution is -2.43. The van der Waals surface area contributed by atoms with Gasteiger partial charge in [0.25, 0.3) is 0 Å². The summed E-state index contributed by atoms with van der Waals surface area (Å²) in [7, 11) is 0. The molecule has 2 aliphatic heterocycles. The van der Waals surface area contributed by atoms with E-state index in [1.165, 1.54) is 12.1 Å². The normalized spacial score (nSPS) is 25.3. The van der Waals surface area contributed by atoms with Crippen LogP contribution in [0.2, 0.25) is 0 Å². The number of amides is 2. The standard InChI is InChI=1S/C24H31FN2O5/c25-20-9-7-17(8-10-20)14-19-5-2-1-4-18(15-22(29)26-11-13-28)23(30)27-12-3-6-21(27)16-32-24(19)31/h1-2,7-10,18-19,21,28H,3-6,11-16H2,(H,26,29)/b2-1-/t18-,19-,21+/m0/s1. The number of fused-ring (bicyclic) bond motifs is 1. The second-order valence-corrected chi connectivity index (χ2v) is 8.40. The Morgan fingerprint density at radius 3 is 2.59 bits per heavy atom. The number of aliphatic hydroxyl groups excluding tert-OH is 1. The molecule has 1 fully saturated rings. The van der Waals surface area contributed by atoms with Gasteiger partial charge >= 0.3 is 5.97 Å². The first kappa shape index (κ1) is 23.9. The highest BCUT2D eigenvalue weighted by molar-refractivity contribution is 5.86. The minimum absolute atomic E-state index is 0.0468. The van der Waals surface area contributed by atoms with Gasteiger partial charge in [0.15, 0.2) is 0 Å².